The smallest absolute Gasteiger partial charge is 0.369 e. The number of halogens is 3. The molecular formula is C24H22F3N3O. The second-order valence-electron chi connectivity index (χ2n) is 7.45. The van der Waals surface area contributed by atoms with Crippen molar-refractivity contribution in [1.29, 1.82) is 0 Å². The van der Waals surface area contributed by atoms with E-state index in [1.54, 1.807) is 18.2 Å². The highest BCUT2D eigenvalue weighted by atomic mass is 19.4. The molecule has 1 amide bonds. The first kappa shape index (κ1) is 20.9. The molecule has 1 aliphatic rings. The lowest BCUT2D eigenvalue weighted by Gasteiger charge is -2.29. The van der Waals surface area contributed by atoms with Crippen LogP contribution in [0.15, 0.2) is 66.7 Å². The van der Waals surface area contributed by atoms with Crippen molar-refractivity contribution in [1.82, 2.24) is 5.32 Å². The molecule has 1 fully saturated rings. The fraction of sp³-hybridized carbons (Fsp3) is 0.208. The number of nitrogens with one attached hydrogen (secondary N) is 1. The minimum Gasteiger partial charge on any atom is -0.369 e. The Labute approximate surface area is 178 Å². The molecule has 1 heterocycles. The minimum atomic E-state index is -4.42. The molecule has 0 aromatic heterocycles. The SMILES string of the molecule is NC(=O)c1c(-c2ccc(N3CCNCC3)cc2)cccc1-c1ccc(C(F)(F)F)cc1. The summed E-state index contributed by atoms with van der Waals surface area (Å²) < 4.78 is 38.7. The maximum Gasteiger partial charge on any atom is 0.416 e. The molecule has 3 N–H and O–H groups in total. The van der Waals surface area contributed by atoms with Gasteiger partial charge in [-0.25, -0.2) is 0 Å². The molecule has 0 bridgehead atoms. The van der Waals surface area contributed by atoms with Gasteiger partial charge in [0.25, 0.3) is 0 Å². The van der Waals surface area contributed by atoms with Gasteiger partial charge in [0, 0.05) is 31.9 Å². The lowest BCUT2D eigenvalue weighted by Crippen LogP contribution is -2.43. The highest BCUT2D eigenvalue weighted by Gasteiger charge is 2.30. The van der Waals surface area contributed by atoms with E-state index in [0.29, 0.717) is 16.7 Å². The number of nitrogens with zero attached hydrogens (tertiary/aromatic N) is 1. The summed E-state index contributed by atoms with van der Waals surface area (Å²) in [6.45, 7) is 3.72. The van der Waals surface area contributed by atoms with Crippen LogP contribution in [-0.4, -0.2) is 32.1 Å². The third-order valence-electron chi connectivity index (χ3n) is 5.49. The van der Waals surface area contributed by atoms with E-state index in [9.17, 15) is 18.0 Å². The number of carbonyl (C=O) groups is 1. The highest BCUT2D eigenvalue weighted by molar-refractivity contribution is 6.06. The van der Waals surface area contributed by atoms with E-state index in [-0.39, 0.29) is 5.56 Å². The monoisotopic (exact) mass is 425 g/mol. The third-order valence-corrected chi connectivity index (χ3v) is 5.49. The van der Waals surface area contributed by atoms with Gasteiger partial charge in [-0.2, -0.15) is 13.2 Å². The fourth-order valence-electron chi connectivity index (χ4n) is 3.91. The number of hydrogen-bond donors (Lipinski definition) is 2. The van der Waals surface area contributed by atoms with Crippen molar-refractivity contribution < 1.29 is 18.0 Å². The number of amides is 1. The number of benzene rings is 3. The normalized spacial score (nSPS) is 14.5. The topological polar surface area (TPSA) is 58.4 Å². The number of nitrogens with two attached hydrogens (primary N) is 1. The summed E-state index contributed by atoms with van der Waals surface area (Å²) in [5, 5.41) is 3.32. The van der Waals surface area contributed by atoms with Crippen LogP contribution < -0.4 is 16.0 Å². The minimum absolute atomic E-state index is 0.289. The molecule has 0 radical (unpaired) electrons. The van der Waals surface area contributed by atoms with E-state index in [1.165, 1.54) is 12.1 Å². The van der Waals surface area contributed by atoms with Crippen LogP contribution in [-0.2, 0) is 6.18 Å². The largest absolute Gasteiger partial charge is 0.416 e. The Morgan fingerprint density at radius 2 is 1.35 bits per heavy atom. The van der Waals surface area contributed by atoms with Crippen LogP contribution in [0.25, 0.3) is 22.3 Å². The standard InChI is InChI=1S/C24H22F3N3O/c25-24(26,27)18-8-4-16(5-9-18)20-2-1-3-21(22(20)23(28)31)17-6-10-19(11-7-17)30-14-12-29-13-15-30/h1-11,29H,12-15H2,(H2,28,31). The van der Waals surface area contributed by atoms with E-state index >= 15 is 0 Å². The van der Waals surface area contributed by atoms with E-state index in [1.807, 2.05) is 24.3 Å². The Morgan fingerprint density at radius 1 is 0.839 bits per heavy atom. The first-order chi connectivity index (χ1) is 14.8. The molecule has 0 unspecified atom stereocenters. The first-order valence-electron chi connectivity index (χ1n) is 10.0. The van der Waals surface area contributed by atoms with Crippen LogP contribution in [0.5, 0.6) is 0 Å². The number of primary amides is 1. The quantitative estimate of drug-likeness (QED) is 0.645. The lowest BCUT2D eigenvalue weighted by atomic mass is 9.91. The zero-order valence-corrected chi connectivity index (χ0v) is 16.7. The van der Waals surface area contributed by atoms with E-state index in [2.05, 4.69) is 10.2 Å². The van der Waals surface area contributed by atoms with Crippen LogP contribution in [0.3, 0.4) is 0 Å². The number of anilines is 1. The zero-order chi connectivity index (χ0) is 22.0. The summed E-state index contributed by atoms with van der Waals surface area (Å²) in [5.41, 5.74) is 8.83. The van der Waals surface area contributed by atoms with Crippen LogP contribution in [0.1, 0.15) is 15.9 Å². The van der Waals surface area contributed by atoms with Gasteiger partial charge in [0.05, 0.1) is 11.1 Å². The van der Waals surface area contributed by atoms with Gasteiger partial charge in [-0.15, -0.1) is 0 Å². The zero-order valence-electron chi connectivity index (χ0n) is 16.7. The molecule has 0 atom stereocenters. The van der Waals surface area contributed by atoms with Crippen molar-refractivity contribution in [2.75, 3.05) is 31.1 Å². The summed E-state index contributed by atoms with van der Waals surface area (Å²) in [6.07, 6.45) is -4.42. The molecule has 4 nitrogen and oxygen atoms in total. The average Bonchev–Trinajstić information content (AvgIpc) is 2.79. The molecule has 31 heavy (non-hydrogen) atoms. The van der Waals surface area contributed by atoms with Crippen molar-refractivity contribution in [2.24, 2.45) is 5.73 Å². The third kappa shape index (κ3) is 4.41. The van der Waals surface area contributed by atoms with Crippen LogP contribution in [0.4, 0.5) is 18.9 Å². The Morgan fingerprint density at radius 3 is 1.84 bits per heavy atom. The molecule has 3 aromatic rings. The van der Waals surface area contributed by atoms with Gasteiger partial charge in [0.15, 0.2) is 0 Å². The number of rotatable bonds is 4. The maximum absolute atomic E-state index is 12.9. The van der Waals surface area contributed by atoms with Gasteiger partial charge >= 0.3 is 6.18 Å². The van der Waals surface area contributed by atoms with E-state index in [4.69, 9.17) is 5.73 Å². The predicted molar refractivity (Wildman–Crippen MR) is 116 cm³/mol. The molecule has 160 valence electrons. The Balaban J connectivity index is 1.72. The van der Waals surface area contributed by atoms with Gasteiger partial charge < -0.3 is 16.0 Å². The molecule has 0 saturated carbocycles. The summed E-state index contributed by atoms with van der Waals surface area (Å²) in [6, 6.07) is 17.9. The lowest BCUT2D eigenvalue weighted by molar-refractivity contribution is -0.137. The first-order valence-corrected chi connectivity index (χ1v) is 10.0. The summed E-state index contributed by atoms with van der Waals surface area (Å²) in [4.78, 5) is 14.6. The average molecular weight is 425 g/mol. The molecule has 1 aliphatic heterocycles. The summed E-state index contributed by atoms with van der Waals surface area (Å²) >= 11 is 0. The van der Waals surface area contributed by atoms with Gasteiger partial charge in [-0.3, -0.25) is 4.79 Å². The van der Waals surface area contributed by atoms with Gasteiger partial charge in [0.1, 0.15) is 0 Å². The van der Waals surface area contributed by atoms with E-state index in [0.717, 1.165) is 49.6 Å². The second-order valence-corrected chi connectivity index (χ2v) is 7.45. The summed E-state index contributed by atoms with van der Waals surface area (Å²) in [5.74, 6) is -0.628. The maximum atomic E-state index is 12.9. The van der Waals surface area contributed by atoms with Crippen molar-refractivity contribution >= 4 is 11.6 Å². The molecule has 0 aliphatic carbocycles. The van der Waals surface area contributed by atoms with Gasteiger partial charge in [-0.1, -0.05) is 42.5 Å². The van der Waals surface area contributed by atoms with Gasteiger partial charge in [-0.05, 0) is 46.5 Å². The van der Waals surface area contributed by atoms with Crippen molar-refractivity contribution in [3.63, 3.8) is 0 Å². The Kier molecular flexibility index (Phi) is 5.69. The molecule has 4 rings (SSSR count). The number of alkyl halides is 3. The van der Waals surface area contributed by atoms with Crippen LogP contribution in [0.2, 0.25) is 0 Å². The predicted octanol–water partition coefficient (Wildman–Crippen LogP) is 4.55. The number of piperazine rings is 1. The molecule has 3 aromatic carbocycles. The second kappa shape index (κ2) is 8.43. The van der Waals surface area contributed by atoms with Crippen molar-refractivity contribution in [3.8, 4) is 22.3 Å². The van der Waals surface area contributed by atoms with Crippen LogP contribution in [0, 0.1) is 0 Å². The molecular weight excluding hydrogens is 403 g/mol. The number of hydrogen-bond acceptors (Lipinski definition) is 3. The summed E-state index contributed by atoms with van der Waals surface area (Å²) in [7, 11) is 0. The fourth-order valence-corrected chi connectivity index (χ4v) is 3.91. The molecule has 1 saturated heterocycles. The van der Waals surface area contributed by atoms with Crippen molar-refractivity contribution in [3.05, 3.63) is 77.9 Å². The van der Waals surface area contributed by atoms with E-state index < -0.39 is 17.6 Å². The molecule has 7 heteroatoms. The Bertz CT molecular complexity index is 1070. The van der Waals surface area contributed by atoms with Crippen molar-refractivity contribution in [2.45, 2.75) is 6.18 Å². The Hall–Kier alpha value is -3.32. The molecule has 0 spiro atoms. The number of carbonyl (C=O) groups excluding carboxylic acids is 1. The highest BCUT2D eigenvalue weighted by Crippen LogP contribution is 2.35. The van der Waals surface area contributed by atoms with Crippen LogP contribution >= 0.6 is 0 Å². The van der Waals surface area contributed by atoms with Gasteiger partial charge in [0.2, 0.25) is 5.91 Å².